The molecule has 0 spiro atoms. The van der Waals surface area contributed by atoms with Crippen LogP contribution in [0, 0.1) is 0 Å². The van der Waals surface area contributed by atoms with Crippen LogP contribution in [0.3, 0.4) is 0 Å². The number of anilines is 1. The smallest absolute Gasteiger partial charge is 0.218 e. The van der Waals surface area contributed by atoms with Crippen LogP contribution >= 0.6 is 15.9 Å². The van der Waals surface area contributed by atoms with Crippen LogP contribution in [0.5, 0.6) is 5.75 Å². The van der Waals surface area contributed by atoms with Gasteiger partial charge in [0.25, 0.3) is 0 Å². The summed E-state index contributed by atoms with van der Waals surface area (Å²) in [6.45, 7) is 1.14. The fourth-order valence-electron chi connectivity index (χ4n) is 2.35. The molecule has 8 nitrogen and oxygen atoms in total. The van der Waals surface area contributed by atoms with Crippen LogP contribution in [0.2, 0.25) is 0 Å². The number of rotatable bonds is 6. The van der Waals surface area contributed by atoms with E-state index in [4.69, 9.17) is 4.74 Å². The summed E-state index contributed by atoms with van der Waals surface area (Å²) in [6, 6.07) is 9.72. The second-order valence-corrected chi connectivity index (χ2v) is 6.16. The quantitative estimate of drug-likeness (QED) is 0.430. The highest BCUT2D eigenvalue weighted by atomic mass is 79.9. The highest BCUT2D eigenvalue weighted by Crippen LogP contribution is 2.23. The van der Waals surface area contributed by atoms with Gasteiger partial charge in [0, 0.05) is 16.2 Å². The van der Waals surface area contributed by atoms with Crippen molar-refractivity contribution in [3.8, 4) is 17.1 Å². The van der Waals surface area contributed by atoms with Gasteiger partial charge in [-0.2, -0.15) is 5.10 Å². The van der Waals surface area contributed by atoms with Crippen LogP contribution in [-0.4, -0.2) is 43.3 Å². The Kier molecular flexibility index (Phi) is 4.30. The summed E-state index contributed by atoms with van der Waals surface area (Å²) in [4.78, 5) is 16.0. The Morgan fingerprint density at radius 2 is 2.04 bits per heavy atom. The number of aromatic nitrogens is 6. The number of hydrogen-bond acceptors (Lipinski definition) is 6. The molecule has 4 rings (SSSR count). The Balaban J connectivity index is 1.38. The van der Waals surface area contributed by atoms with E-state index in [1.807, 2.05) is 30.3 Å². The molecule has 126 valence electrons. The van der Waals surface area contributed by atoms with Crippen molar-refractivity contribution in [1.29, 1.82) is 0 Å². The third-order valence-corrected chi connectivity index (χ3v) is 3.94. The molecule has 3 N–H and O–H groups in total. The third kappa shape index (κ3) is 3.61. The Bertz CT molecular complexity index is 966. The maximum absolute atomic E-state index is 5.70. The van der Waals surface area contributed by atoms with Gasteiger partial charge in [0.2, 0.25) is 5.95 Å². The molecule has 0 radical (unpaired) electrons. The van der Waals surface area contributed by atoms with E-state index in [1.165, 1.54) is 6.33 Å². The predicted molar refractivity (Wildman–Crippen MR) is 97.4 cm³/mol. The largest absolute Gasteiger partial charge is 0.492 e. The van der Waals surface area contributed by atoms with E-state index in [0.29, 0.717) is 24.7 Å². The number of halogens is 1. The van der Waals surface area contributed by atoms with Crippen molar-refractivity contribution in [2.45, 2.75) is 0 Å². The number of nitrogens with one attached hydrogen (secondary N) is 3. The third-order valence-electron chi connectivity index (χ3n) is 3.51. The monoisotopic (exact) mass is 399 g/mol. The van der Waals surface area contributed by atoms with E-state index < -0.39 is 0 Å². The lowest BCUT2D eigenvalue weighted by Gasteiger charge is -2.07. The van der Waals surface area contributed by atoms with Crippen LogP contribution < -0.4 is 10.1 Å². The number of aromatic amines is 2. The lowest BCUT2D eigenvalue weighted by Crippen LogP contribution is -2.12. The average Bonchev–Trinajstić information content (AvgIpc) is 3.28. The summed E-state index contributed by atoms with van der Waals surface area (Å²) in [5.41, 5.74) is 2.56. The van der Waals surface area contributed by atoms with Crippen molar-refractivity contribution in [1.82, 2.24) is 30.1 Å². The van der Waals surface area contributed by atoms with E-state index in [9.17, 15) is 0 Å². The molecule has 0 amide bonds. The van der Waals surface area contributed by atoms with Crippen LogP contribution in [-0.2, 0) is 0 Å². The Hall–Kier alpha value is -2.94. The normalized spacial score (nSPS) is 10.9. The molecule has 0 fully saturated rings. The van der Waals surface area contributed by atoms with E-state index >= 15 is 0 Å². The lowest BCUT2D eigenvalue weighted by molar-refractivity contribution is 0.332. The van der Waals surface area contributed by atoms with Gasteiger partial charge in [-0.25, -0.2) is 20.1 Å². The summed E-state index contributed by atoms with van der Waals surface area (Å²) < 4.78 is 6.61. The van der Waals surface area contributed by atoms with Gasteiger partial charge in [-0.05, 0) is 46.3 Å². The zero-order valence-electron chi connectivity index (χ0n) is 13.0. The topological polar surface area (TPSA) is 104 Å². The second-order valence-electron chi connectivity index (χ2n) is 5.24. The van der Waals surface area contributed by atoms with E-state index in [1.54, 1.807) is 6.20 Å². The Morgan fingerprint density at radius 3 is 2.84 bits per heavy atom. The van der Waals surface area contributed by atoms with Gasteiger partial charge >= 0.3 is 0 Å². The SMILES string of the molecule is Brc1cnc2nc(-c3ccc(OCCNc4ncn[nH]4)cc3)[nH]c2c1. The molecule has 0 aliphatic carbocycles. The highest BCUT2D eigenvalue weighted by Gasteiger charge is 2.07. The standard InChI is InChI=1S/C16H14BrN7O/c17-11-7-13-15(19-8-11)23-14(22-13)10-1-3-12(4-2-10)25-6-5-18-16-20-9-21-24-16/h1-4,7-9H,5-6H2,(H,19,22,23)(H2,18,20,21,24). The van der Waals surface area contributed by atoms with Crippen molar-refractivity contribution in [2.24, 2.45) is 0 Å². The van der Waals surface area contributed by atoms with Crippen molar-refractivity contribution in [3.05, 3.63) is 47.3 Å². The van der Waals surface area contributed by atoms with E-state index in [0.717, 1.165) is 27.1 Å². The molecule has 0 atom stereocenters. The number of ether oxygens (including phenoxy) is 1. The first-order valence-electron chi connectivity index (χ1n) is 7.62. The molecule has 0 aliphatic heterocycles. The van der Waals surface area contributed by atoms with Crippen LogP contribution in [0.25, 0.3) is 22.6 Å². The minimum atomic E-state index is 0.516. The molecular weight excluding hydrogens is 386 g/mol. The van der Waals surface area contributed by atoms with Crippen molar-refractivity contribution >= 4 is 33.0 Å². The maximum atomic E-state index is 5.70. The molecule has 9 heteroatoms. The molecule has 25 heavy (non-hydrogen) atoms. The molecule has 3 heterocycles. The molecule has 0 bridgehead atoms. The van der Waals surface area contributed by atoms with Gasteiger partial charge in [0.05, 0.1) is 12.1 Å². The number of pyridine rings is 1. The first kappa shape index (κ1) is 15.6. The summed E-state index contributed by atoms with van der Waals surface area (Å²) in [5, 5.41) is 9.56. The number of hydrogen-bond donors (Lipinski definition) is 3. The van der Waals surface area contributed by atoms with Crippen LogP contribution in [0.15, 0.2) is 47.3 Å². The van der Waals surface area contributed by atoms with Crippen LogP contribution in [0.1, 0.15) is 0 Å². The van der Waals surface area contributed by atoms with E-state index in [-0.39, 0.29) is 0 Å². The molecule has 0 saturated carbocycles. The fourth-order valence-corrected chi connectivity index (χ4v) is 2.68. The van der Waals surface area contributed by atoms with Gasteiger partial charge in [-0.15, -0.1) is 0 Å². The molecule has 0 aliphatic rings. The number of H-pyrrole nitrogens is 2. The number of nitrogens with zero attached hydrogens (tertiary/aromatic N) is 4. The maximum Gasteiger partial charge on any atom is 0.218 e. The molecule has 0 unspecified atom stereocenters. The first-order chi connectivity index (χ1) is 12.3. The Labute approximate surface area is 151 Å². The number of fused-ring (bicyclic) bond motifs is 1. The molecule has 1 aromatic carbocycles. The number of benzene rings is 1. The summed E-state index contributed by atoms with van der Waals surface area (Å²) in [6.07, 6.45) is 3.19. The summed E-state index contributed by atoms with van der Waals surface area (Å²) in [7, 11) is 0. The summed E-state index contributed by atoms with van der Waals surface area (Å²) in [5.74, 6) is 2.20. The van der Waals surface area contributed by atoms with Crippen molar-refractivity contribution in [2.75, 3.05) is 18.5 Å². The second kappa shape index (κ2) is 6.89. The average molecular weight is 400 g/mol. The minimum absolute atomic E-state index is 0.516. The Morgan fingerprint density at radius 1 is 1.16 bits per heavy atom. The zero-order chi connectivity index (χ0) is 17.1. The van der Waals surface area contributed by atoms with Gasteiger partial charge in [-0.3, -0.25) is 0 Å². The molecule has 3 aromatic heterocycles. The molecule has 4 aromatic rings. The predicted octanol–water partition coefficient (Wildman–Crippen LogP) is 3.00. The van der Waals surface area contributed by atoms with Crippen molar-refractivity contribution in [3.63, 3.8) is 0 Å². The van der Waals surface area contributed by atoms with Gasteiger partial charge in [-0.1, -0.05) is 0 Å². The van der Waals surface area contributed by atoms with Gasteiger partial charge < -0.3 is 15.0 Å². The van der Waals surface area contributed by atoms with Crippen molar-refractivity contribution < 1.29 is 4.74 Å². The lowest BCUT2D eigenvalue weighted by atomic mass is 10.2. The number of imidazole rings is 1. The minimum Gasteiger partial charge on any atom is -0.492 e. The molecular formula is C16H14BrN7O. The van der Waals surface area contributed by atoms with E-state index in [2.05, 4.69) is 51.4 Å². The zero-order valence-corrected chi connectivity index (χ0v) is 14.6. The first-order valence-corrected chi connectivity index (χ1v) is 8.41. The van der Waals surface area contributed by atoms with Crippen LogP contribution in [0.4, 0.5) is 5.95 Å². The van der Waals surface area contributed by atoms with Gasteiger partial charge in [0.15, 0.2) is 5.65 Å². The fraction of sp³-hybridized carbons (Fsp3) is 0.125. The van der Waals surface area contributed by atoms with Gasteiger partial charge in [0.1, 0.15) is 24.5 Å². The highest BCUT2D eigenvalue weighted by molar-refractivity contribution is 9.10. The molecule has 0 saturated heterocycles. The summed E-state index contributed by atoms with van der Waals surface area (Å²) >= 11 is 3.41.